The van der Waals surface area contributed by atoms with E-state index in [2.05, 4.69) is 28.7 Å². The summed E-state index contributed by atoms with van der Waals surface area (Å²) in [5.41, 5.74) is 1.80. The van der Waals surface area contributed by atoms with E-state index in [-0.39, 0.29) is 17.6 Å². The highest BCUT2D eigenvalue weighted by molar-refractivity contribution is 6.00. The van der Waals surface area contributed by atoms with Crippen molar-refractivity contribution in [2.24, 2.45) is 0 Å². The van der Waals surface area contributed by atoms with Crippen LogP contribution in [0.2, 0.25) is 0 Å². The summed E-state index contributed by atoms with van der Waals surface area (Å²) in [5, 5.41) is 2.98. The average Bonchev–Trinajstić information content (AvgIpc) is 3.48. The van der Waals surface area contributed by atoms with E-state index >= 15 is 0 Å². The molecule has 2 amide bonds. The van der Waals surface area contributed by atoms with Crippen LogP contribution < -0.4 is 5.32 Å². The van der Waals surface area contributed by atoms with Gasteiger partial charge < -0.3 is 19.2 Å². The van der Waals surface area contributed by atoms with Crippen molar-refractivity contribution >= 4 is 17.5 Å². The molecule has 7 heteroatoms. The van der Waals surface area contributed by atoms with Gasteiger partial charge in [0.2, 0.25) is 5.91 Å². The Kier molecular flexibility index (Phi) is 5.70. The Balaban J connectivity index is 1.45. The Morgan fingerprint density at radius 2 is 2.13 bits per heavy atom. The number of nitrogens with one attached hydrogen (secondary N) is 1. The molecule has 30 heavy (non-hydrogen) atoms. The van der Waals surface area contributed by atoms with E-state index in [0.717, 1.165) is 23.5 Å². The van der Waals surface area contributed by atoms with Crippen molar-refractivity contribution in [2.75, 3.05) is 11.9 Å². The zero-order valence-corrected chi connectivity index (χ0v) is 17.2. The summed E-state index contributed by atoms with van der Waals surface area (Å²) in [6, 6.07) is 10.6. The van der Waals surface area contributed by atoms with Crippen LogP contribution in [0.4, 0.5) is 5.69 Å². The number of rotatable bonds is 6. The third-order valence-corrected chi connectivity index (χ3v) is 5.36. The highest BCUT2D eigenvalue weighted by Gasteiger charge is 2.35. The summed E-state index contributed by atoms with van der Waals surface area (Å²) in [7, 11) is 0. The van der Waals surface area contributed by atoms with E-state index in [0.29, 0.717) is 25.4 Å². The number of furan rings is 1. The number of amides is 2. The van der Waals surface area contributed by atoms with Crippen molar-refractivity contribution in [2.45, 2.75) is 45.2 Å². The lowest BCUT2D eigenvalue weighted by atomic mass is 10.1. The normalized spacial score (nSPS) is 16.2. The molecule has 2 aromatic heterocycles. The molecule has 1 fully saturated rings. The Bertz CT molecular complexity index is 1020. The molecule has 1 aliphatic heterocycles. The van der Waals surface area contributed by atoms with Gasteiger partial charge in [-0.25, -0.2) is 4.98 Å². The second kappa shape index (κ2) is 8.57. The number of benzene rings is 1. The lowest BCUT2D eigenvalue weighted by Gasteiger charge is -2.23. The summed E-state index contributed by atoms with van der Waals surface area (Å²) in [4.78, 5) is 31.6. The molecule has 1 N–H and O–H groups in total. The van der Waals surface area contributed by atoms with E-state index in [1.807, 2.05) is 36.7 Å². The first kappa shape index (κ1) is 19.9. The maximum Gasteiger partial charge on any atom is 0.290 e. The second-order valence-corrected chi connectivity index (χ2v) is 7.89. The van der Waals surface area contributed by atoms with Gasteiger partial charge in [0.25, 0.3) is 5.91 Å². The van der Waals surface area contributed by atoms with Gasteiger partial charge in [-0.3, -0.25) is 9.59 Å². The predicted molar refractivity (Wildman–Crippen MR) is 113 cm³/mol. The van der Waals surface area contributed by atoms with Gasteiger partial charge in [0, 0.05) is 37.1 Å². The van der Waals surface area contributed by atoms with Crippen LogP contribution in [0.25, 0.3) is 0 Å². The van der Waals surface area contributed by atoms with Crippen LogP contribution >= 0.6 is 0 Å². The van der Waals surface area contributed by atoms with Crippen LogP contribution in [0.3, 0.4) is 0 Å². The number of hydrogen-bond donors (Lipinski definition) is 1. The van der Waals surface area contributed by atoms with Gasteiger partial charge in [-0.2, -0.15) is 0 Å². The Morgan fingerprint density at radius 3 is 2.90 bits per heavy atom. The monoisotopic (exact) mass is 406 g/mol. The van der Waals surface area contributed by atoms with Crippen molar-refractivity contribution in [1.82, 2.24) is 14.5 Å². The first-order valence-corrected chi connectivity index (χ1v) is 10.3. The van der Waals surface area contributed by atoms with Crippen LogP contribution in [0, 0.1) is 0 Å². The highest BCUT2D eigenvalue weighted by atomic mass is 16.3. The standard InChI is InChI=1S/C23H26N4O3/c1-16(2)21-24-10-12-26(21)15-17-6-3-7-18(14-17)25-22(28)19-8-4-11-27(19)23(29)20-9-5-13-30-20/h3,5-7,9-10,12-14,16,19H,4,8,11,15H2,1-2H3,(H,25,28). The molecule has 156 valence electrons. The molecule has 1 saturated heterocycles. The van der Waals surface area contributed by atoms with Gasteiger partial charge in [-0.15, -0.1) is 0 Å². The van der Waals surface area contributed by atoms with Crippen LogP contribution in [0.15, 0.2) is 59.5 Å². The SMILES string of the molecule is CC(C)c1nccn1Cc1cccc(NC(=O)C2CCCN2C(=O)c2ccco2)c1. The van der Waals surface area contributed by atoms with Crippen LogP contribution in [0.1, 0.15) is 54.5 Å². The second-order valence-electron chi connectivity index (χ2n) is 7.89. The predicted octanol–water partition coefficient (Wildman–Crippen LogP) is 3.89. The number of hydrogen-bond acceptors (Lipinski definition) is 4. The summed E-state index contributed by atoms with van der Waals surface area (Å²) >= 11 is 0. The zero-order chi connectivity index (χ0) is 21.1. The minimum absolute atomic E-state index is 0.171. The maximum absolute atomic E-state index is 12.9. The Morgan fingerprint density at radius 1 is 1.27 bits per heavy atom. The molecule has 0 bridgehead atoms. The lowest BCUT2D eigenvalue weighted by Crippen LogP contribution is -2.43. The third-order valence-electron chi connectivity index (χ3n) is 5.36. The van der Waals surface area contributed by atoms with Crippen molar-refractivity contribution in [3.63, 3.8) is 0 Å². The van der Waals surface area contributed by atoms with Crippen molar-refractivity contribution < 1.29 is 14.0 Å². The van der Waals surface area contributed by atoms with E-state index in [1.54, 1.807) is 17.0 Å². The fourth-order valence-corrected chi connectivity index (χ4v) is 3.95. The number of nitrogens with zero attached hydrogens (tertiary/aromatic N) is 3. The van der Waals surface area contributed by atoms with Crippen LogP contribution in [-0.4, -0.2) is 38.9 Å². The molecule has 0 radical (unpaired) electrons. The minimum Gasteiger partial charge on any atom is -0.459 e. The molecular weight excluding hydrogens is 380 g/mol. The maximum atomic E-state index is 12.9. The van der Waals surface area contributed by atoms with E-state index in [1.165, 1.54) is 6.26 Å². The van der Waals surface area contributed by atoms with Gasteiger partial charge in [0.15, 0.2) is 5.76 Å². The number of imidazole rings is 1. The Labute approximate surface area is 175 Å². The molecule has 3 heterocycles. The molecule has 1 aliphatic rings. The summed E-state index contributed by atoms with van der Waals surface area (Å²) in [6.45, 7) is 5.47. The summed E-state index contributed by atoms with van der Waals surface area (Å²) in [5.74, 6) is 1.21. The fourth-order valence-electron chi connectivity index (χ4n) is 3.95. The molecule has 4 rings (SSSR count). The number of carbonyl (C=O) groups is 2. The first-order chi connectivity index (χ1) is 14.5. The van der Waals surface area contributed by atoms with Gasteiger partial charge in [0.05, 0.1) is 6.26 Å². The van der Waals surface area contributed by atoms with Gasteiger partial charge in [-0.05, 0) is 42.7 Å². The zero-order valence-electron chi connectivity index (χ0n) is 17.2. The minimum atomic E-state index is -0.493. The number of aromatic nitrogens is 2. The smallest absolute Gasteiger partial charge is 0.290 e. The van der Waals surface area contributed by atoms with E-state index < -0.39 is 6.04 Å². The van der Waals surface area contributed by atoms with Crippen LogP contribution in [-0.2, 0) is 11.3 Å². The molecule has 1 unspecified atom stereocenters. The molecule has 0 aliphatic carbocycles. The first-order valence-electron chi connectivity index (χ1n) is 10.3. The topological polar surface area (TPSA) is 80.4 Å². The quantitative estimate of drug-likeness (QED) is 0.673. The molecule has 0 saturated carbocycles. The van der Waals surface area contributed by atoms with Crippen LogP contribution in [0.5, 0.6) is 0 Å². The Hall–Kier alpha value is -3.35. The van der Waals surface area contributed by atoms with Gasteiger partial charge in [-0.1, -0.05) is 26.0 Å². The number of likely N-dealkylation sites (tertiary alicyclic amines) is 1. The molecule has 1 aromatic carbocycles. The largest absolute Gasteiger partial charge is 0.459 e. The molecule has 3 aromatic rings. The third kappa shape index (κ3) is 4.15. The number of anilines is 1. The van der Waals surface area contributed by atoms with Gasteiger partial charge in [0.1, 0.15) is 11.9 Å². The fraction of sp³-hybridized carbons (Fsp3) is 0.348. The van der Waals surface area contributed by atoms with Crippen molar-refractivity contribution in [3.8, 4) is 0 Å². The molecular formula is C23H26N4O3. The molecule has 1 atom stereocenters. The van der Waals surface area contributed by atoms with Crippen molar-refractivity contribution in [1.29, 1.82) is 0 Å². The highest BCUT2D eigenvalue weighted by Crippen LogP contribution is 2.23. The summed E-state index contributed by atoms with van der Waals surface area (Å²) in [6.07, 6.45) is 6.69. The lowest BCUT2D eigenvalue weighted by molar-refractivity contribution is -0.119. The molecule has 7 nitrogen and oxygen atoms in total. The summed E-state index contributed by atoms with van der Waals surface area (Å²) < 4.78 is 7.33. The van der Waals surface area contributed by atoms with E-state index in [4.69, 9.17) is 4.42 Å². The van der Waals surface area contributed by atoms with Crippen molar-refractivity contribution in [3.05, 3.63) is 72.2 Å². The average molecular weight is 406 g/mol. The number of carbonyl (C=O) groups excluding carboxylic acids is 2. The van der Waals surface area contributed by atoms with Gasteiger partial charge >= 0.3 is 0 Å². The van der Waals surface area contributed by atoms with E-state index in [9.17, 15) is 9.59 Å². The molecule has 0 spiro atoms.